The second-order valence-electron chi connectivity index (χ2n) is 4.20. The molecule has 0 radical (unpaired) electrons. The smallest absolute Gasteiger partial charge is 0.175 e. The molecular formula is C12H14N2O2. The Morgan fingerprint density at radius 2 is 2.19 bits per heavy atom. The van der Waals surface area contributed by atoms with Gasteiger partial charge in [-0.3, -0.25) is 0 Å². The van der Waals surface area contributed by atoms with E-state index >= 15 is 0 Å². The molecule has 0 unspecified atom stereocenters. The summed E-state index contributed by atoms with van der Waals surface area (Å²) in [5, 5.41) is 18.6. The monoisotopic (exact) mass is 218 g/mol. The lowest BCUT2D eigenvalue weighted by Crippen LogP contribution is -2.43. The van der Waals surface area contributed by atoms with E-state index in [1.807, 2.05) is 6.07 Å². The largest absolute Gasteiger partial charge is 0.503 e. The predicted molar refractivity (Wildman–Crippen MR) is 59.1 cm³/mol. The Morgan fingerprint density at radius 3 is 2.62 bits per heavy atom. The lowest BCUT2D eigenvalue weighted by atomic mass is 9.72. The first kappa shape index (κ1) is 10.8. The number of hydrogen-bond donors (Lipinski definition) is 2. The molecule has 1 saturated carbocycles. The van der Waals surface area contributed by atoms with Gasteiger partial charge in [-0.1, -0.05) is 0 Å². The van der Waals surface area contributed by atoms with Gasteiger partial charge in [-0.05, 0) is 37.0 Å². The number of phenols is 1. The molecule has 0 bridgehead atoms. The highest BCUT2D eigenvalue weighted by Crippen LogP contribution is 2.42. The first-order valence-corrected chi connectivity index (χ1v) is 5.21. The molecule has 4 heteroatoms. The molecule has 2 rings (SSSR count). The number of aromatic hydroxyl groups is 1. The molecule has 4 nitrogen and oxygen atoms in total. The molecule has 1 aromatic carbocycles. The van der Waals surface area contributed by atoms with Crippen molar-refractivity contribution in [3.63, 3.8) is 0 Å². The second kappa shape index (κ2) is 3.69. The molecule has 16 heavy (non-hydrogen) atoms. The maximum Gasteiger partial charge on any atom is 0.175 e. The summed E-state index contributed by atoms with van der Waals surface area (Å²) < 4.78 is 5.04. The second-order valence-corrected chi connectivity index (χ2v) is 4.20. The van der Waals surface area contributed by atoms with Crippen molar-refractivity contribution in [3.8, 4) is 17.6 Å². The molecule has 0 atom stereocenters. The third kappa shape index (κ3) is 1.50. The Morgan fingerprint density at radius 1 is 1.50 bits per heavy atom. The SMILES string of the molecule is COc1cc(C2(N)CCC2)cc(C#N)c1O. The van der Waals surface area contributed by atoms with Gasteiger partial charge in [-0.15, -0.1) is 0 Å². The van der Waals surface area contributed by atoms with Crippen LogP contribution in [0.25, 0.3) is 0 Å². The van der Waals surface area contributed by atoms with Crippen LogP contribution >= 0.6 is 0 Å². The maximum atomic E-state index is 9.68. The quantitative estimate of drug-likeness (QED) is 0.790. The molecule has 0 aliphatic heterocycles. The van der Waals surface area contributed by atoms with E-state index in [2.05, 4.69) is 0 Å². The van der Waals surface area contributed by atoms with Crippen LogP contribution in [0.1, 0.15) is 30.4 Å². The van der Waals surface area contributed by atoms with Crippen molar-refractivity contribution in [2.75, 3.05) is 7.11 Å². The number of methoxy groups -OCH3 is 1. The number of hydrogen-bond acceptors (Lipinski definition) is 4. The minimum Gasteiger partial charge on any atom is -0.503 e. The van der Waals surface area contributed by atoms with E-state index in [4.69, 9.17) is 15.7 Å². The number of nitrogens with two attached hydrogens (primary N) is 1. The molecule has 0 saturated heterocycles. The molecule has 0 aromatic heterocycles. The number of nitrogens with zero attached hydrogens (tertiary/aromatic N) is 1. The Labute approximate surface area is 94.3 Å². The van der Waals surface area contributed by atoms with Crippen molar-refractivity contribution in [1.82, 2.24) is 0 Å². The first-order chi connectivity index (χ1) is 7.60. The van der Waals surface area contributed by atoms with Crippen LogP contribution in [0.5, 0.6) is 11.5 Å². The van der Waals surface area contributed by atoms with Crippen molar-refractivity contribution >= 4 is 0 Å². The fraction of sp³-hybridized carbons (Fsp3) is 0.417. The van der Waals surface area contributed by atoms with E-state index in [-0.39, 0.29) is 16.9 Å². The Balaban J connectivity index is 2.52. The molecule has 1 fully saturated rings. The van der Waals surface area contributed by atoms with Gasteiger partial charge in [0.05, 0.1) is 12.7 Å². The van der Waals surface area contributed by atoms with Gasteiger partial charge in [-0.2, -0.15) is 5.26 Å². The van der Waals surface area contributed by atoms with E-state index in [1.54, 1.807) is 12.1 Å². The molecule has 1 aliphatic carbocycles. The van der Waals surface area contributed by atoms with Crippen molar-refractivity contribution < 1.29 is 9.84 Å². The van der Waals surface area contributed by atoms with Gasteiger partial charge < -0.3 is 15.6 Å². The first-order valence-electron chi connectivity index (χ1n) is 5.21. The highest BCUT2D eigenvalue weighted by molar-refractivity contribution is 5.55. The summed E-state index contributed by atoms with van der Waals surface area (Å²) in [5.41, 5.74) is 6.90. The van der Waals surface area contributed by atoms with Gasteiger partial charge in [0.25, 0.3) is 0 Å². The summed E-state index contributed by atoms with van der Waals surface area (Å²) in [4.78, 5) is 0. The van der Waals surface area contributed by atoms with Crippen LogP contribution in [0.2, 0.25) is 0 Å². The molecule has 84 valence electrons. The molecule has 0 amide bonds. The molecule has 3 N–H and O–H groups in total. The van der Waals surface area contributed by atoms with Crippen LogP contribution in [0.4, 0.5) is 0 Å². The summed E-state index contributed by atoms with van der Waals surface area (Å²) in [7, 11) is 1.46. The zero-order valence-corrected chi connectivity index (χ0v) is 9.16. The zero-order valence-electron chi connectivity index (χ0n) is 9.16. The number of nitriles is 1. The van der Waals surface area contributed by atoms with E-state index < -0.39 is 0 Å². The molecule has 0 heterocycles. The normalized spacial score (nSPS) is 17.3. The average Bonchev–Trinajstić information content (AvgIpc) is 2.26. The van der Waals surface area contributed by atoms with Gasteiger partial charge in [0.15, 0.2) is 11.5 Å². The minimum absolute atomic E-state index is 0.114. The van der Waals surface area contributed by atoms with Crippen molar-refractivity contribution in [3.05, 3.63) is 23.3 Å². The van der Waals surface area contributed by atoms with Crippen LogP contribution in [-0.2, 0) is 5.54 Å². The van der Waals surface area contributed by atoms with Gasteiger partial charge in [0.1, 0.15) is 6.07 Å². The van der Waals surface area contributed by atoms with Crippen LogP contribution in [0.15, 0.2) is 12.1 Å². The van der Waals surface area contributed by atoms with Crippen LogP contribution in [-0.4, -0.2) is 12.2 Å². The summed E-state index contributed by atoms with van der Waals surface area (Å²) >= 11 is 0. The third-order valence-electron chi connectivity index (χ3n) is 3.24. The van der Waals surface area contributed by atoms with Crippen molar-refractivity contribution in [2.45, 2.75) is 24.8 Å². The van der Waals surface area contributed by atoms with E-state index in [1.165, 1.54) is 7.11 Å². The van der Waals surface area contributed by atoms with Crippen LogP contribution in [0, 0.1) is 11.3 Å². The number of ether oxygens (including phenoxy) is 1. The third-order valence-corrected chi connectivity index (χ3v) is 3.24. The highest BCUT2D eigenvalue weighted by atomic mass is 16.5. The van der Waals surface area contributed by atoms with Crippen molar-refractivity contribution in [2.24, 2.45) is 5.73 Å². The van der Waals surface area contributed by atoms with Crippen LogP contribution in [0.3, 0.4) is 0 Å². The maximum absolute atomic E-state index is 9.68. The molecule has 1 aromatic rings. The molecular weight excluding hydrogens is 204 g/mol. The van der Waals surface area contributed by atoms with Gasteiger partial charge in [-0.25, -0.2) is 0 Å². The van der Waals surface area contributed by atoms with E-state index in [0.717, 1.165) is 24.8 Å². The number of rotatable bonds is 2. The summed E-state index contributed by atoms with van der Waals surface area (Å²) in [6.07, 6.45) is 2.92. The fourth-order valence-electron chi connectivity index (χ4n) is 1.98. The summed E-state index contributed by atoms with van der Waals surface area (Å²) in [5.74, 6) is 0.197. The predicted octanol–water partition coefficient (Wildman–Crippen LogP) is 1.61. The Bertz CT molecular complexity index is 459. The van der Waals surface area contributed by atoms with E-state index in [9.17, 15) is 5.11 Å². The molecule has 1 aliphatic rings. The van der Waals surface area contributed by atoms with Gasteiger partial charge in [0, 0.05) is 5.54 Å². The lowest BCUT2D eigenvalue weighted by molar-refractivity contribution is 0.252. The average molecular weight is 218 g/mol. The van der Waals surface area contributed by atoms with E-state index in [0.29, 0.717) is 5.75 Å². The number of phenolic OH excluding ortho intramolecular Hbond substituents is 1. The zero-order chi connectivity index (χ0) is 11.8. The Hall–Kier alpha value is -1.73. The minimum atomic E-state index is -0.355. The standard InChI is InChI=1S/C12H14N2O2/c1-16-10-6-9(12(14)3-2-4-12)5-8(7-13)11(10)15/h5-6,15H,2-4,14H2,1H3. The van der Waals surface area contributed by atoms with Gasteiger partial charge >= 0.3 is 0 Å². The van der Waals surface area contributed by atoms with Crippen LogP contribution < -0.4 is 10.5 Å². The molecule has 0 spiro atoms. The topological polar surface area (TPSA) is 79.3 Å². The fourth-order valence-corrected chi connectivity index (χ4v) is 1.98. The summed E-state index contributed by atoms with van der Waals surface area (Å²) in [6, 6.07) is 5.31. The lowest BCUT2D eigenvalue weighted by Gasteiger charge is -2.38. The Kier molecular flexibility index (Phi) is 2.49. The van der Waals surface area contributed by atoms with Crippen molar-refractivity contribution in [1.29, 1.82) is 5.26 Å². The summed E-state index contributed by atoms with van der Waals surface area (Å²) in [6.45, 7) is 0. The number of benzene rings is 1. The highest BCUT2D eigenvalue weighted by Gasteiger charge is 2.35. The van der Waals surface area contributed by atoms with Gasteiger partial charge in [0.2, 0.25) is 0 Å².